The van der Waals surface area contributed by atoms with Crippen LogP contribution in [0, 0.1) is 0 Å². The first-order valence-electron chi connectivity index (χ1n) is 8.04. The minimum atomic E-state index is -4.42. The van der Waals surface area contributed by atoms with Crippen LogP contribution >= 0.6 is 0 Å². The van der Waals surface area contributed by atoms with Gasteiger partial charge in [-0.1, -0.05) is 42.5 Å². The summed E-state index contributed by atoms with van der Waals surface area (Å²) in [6, 6.07) is 10.3. The van der Waals surface area contributed by atoms with Crippen molar-refractivity contribution in [1.29, 1.82) is 0 Å². The second-order valence-corrected chi connectivity index (χ2v) is 6.14. The van der Waals surface area contributed by atoms with Crippen LogP contribution in [0.5, 0.6) is 0 Å². The molecule has 0 amide bonds. The van der Waals surface area contributed by atoms with E-state index in [0.29, 0.717) is 11.2 Å². The fourth-order valence-corrected chi connectivity index (χ4v) is 2.93. The van der Waals surface area contributed by atoms with Gasteiger partial charge in [-0.2, -0.15) is 18.3 Å². The first-order chi connectivity index (χ1) is 11.9. The van der Waals surface area contributed by atoms with E-state index in [4.69, 9.17) is 0 Å². The molecule has 0 fully saturated rings. The maximum Gasteiger partial charge on any atom is 0.407 e. The van der Waals surface area contributed by atoms with Gasteiger partial charge in [0.05, 0.1) is 6.54 Å². The van der Waals surface area contributed by atoms with E-state index in [1.807, 2.05) is 32.0 Å². The van der Waals surface area contributed by atoms with Crippen molar-refractivity contribution in [3.63, 3.8) is 0 Å². The minimum absolute atomic E-state index is 0.0222. The van der Waals surface area contributed by atoms with Crippen molar-refractivity contribution in [2.45, 2.75) is 38.7 Å². The molecule has 1 atom stereocenters. The summed E-state index contributed by atoms with van der Waals surface area (Å²) in [5, 5.41) is 8.05. The van der Waals surface area contributed by atoms with E-state index in [1.165, 1.54) is 12.4 Å². The molecule has 7 heteroatoms. The predicted molar refractivity (Wildman–Crippen MR) is 90.0 cm³/mol. The second-order valence-electron chi connectivity index (χ2n) is 6.14. The van der Waals surface area contributed by atoms with E-state index < -0.39 is 12.2 Å². The Hall–Kier alpha value is -2.41. The highest BCUT2D eigenvalue weighted by molar-refractivity contribution is 5.86. The fraction of sp³-hybridized carbons (Fsp3) is 0.333. The molecule has 1 N–H and O–H groups in total. The van der Waals surface area contributed by atoms with Crippen molar-refractivity contribution in [2.75, 3.05) is 0 Å². The molecule has 2 aromatic carbocycles. The van der Waals surface area contributed by atoms with Gasteiger partial charge in [0.15, 0.2) is 0 Å². The molecule has 0 bridgehead atoms. The van der Waals surface area contributed by atoms with Crippen molar-refractivity contribution in [3.05, 3.63) is 60.2 Å². The van der Waals surface area contributed by atoms with Crippen molar-refractivity contribution in [3.8, 4) is 0 Å². The molecule has 0 aliphatic rings. The number of alkyl halides is 3. The summed E-state index contributed by atoms with van der Waals surface area (Å²) in [7, 11) is 0. The van der Waals surface area contributed by atoms with Crippen molar-refractivity contribution in [1.82, 2.24) is 20.1 Å². The van der Waals surface area contributed by atoms with Crippen LogP contribution in [-0.4, -0.2) is 20.9 Å². The summed E-state index contributed by atoms with van der Waals surface area (Å²) in [4.78, 5) is 4.07. The number of hydrogen-bond acceptors (Lipinski definition) is 3. The van der Waals surface area contributed by atoms with Crippen LogP contribution < -0.4 is 5.32 Å². The number of rotatable bonds is 5. The van der Waals surface area contributed by atoms with E-state index in [0.717, 1.165) is 5.39 Å². The van der Waals surface area contributed by atoms with Gasteiger partial charge in [0, 0.05) is 6.04 Å². The lowest BCUT2D eigenvalue weighted by Gasteiger charge is -2.23. The van der Waals surface area contributed by atoms with Crippen LogP contribution in [-0.2, 0) is 6.54 Å². The van der Waals surface area contributed by atoms with E-state index >= 15 is 0 Å². The standard InChI is InChI=1S/C18H19F3N4/c1-12(2)25-16(23-11-24-25)10-22-17(18(19,20)21)15-9-5-7-13-6-3-4-8-14(13)15/h3-9,11-12,17,22H,10H2,1-2H3/t17-/m0/s1. The summed E-state index contributed by atoms with van der Waals surface area (Å²) in [6.45, 7) is 3.79. The smallest absolute Gasteiger partial charge is 0.295 e. The van der Waals surface area contributed by atoms with Gasteiger partial charge in [-0.25, -0.2) is 9.67 Å². The number of nitrogens with zero attached hydrogens (tertiary/aromatic N) is 3. The van der Waals surface area contributed by atoms with Crippen LogP contribution in [0.3, 0.4) is 0 Å². The van der Waals surface area contributed by atoms with Crippen LogP contribution in [0.15, 0.2) is 48.8 Å². The molecule has 0 radical (unpaired) electrons. The molecule has 0 saturated carbocycles. The van der Waals surface area contributed by atoms with E-state index in [-0.39, 0.29) is 18.2 Å². The quantitative estimate of drug-likeness (QED) is 0.743. The first kappa shape index (κ1) is 17.4. The second kappa shape index (κ2) is 6.84. The third kappa shape index (κ3) is 3.66. The van der Waals surface area contributed by atoms with Crippen LogP contribution in [0.2, 0.25) is 0 Å². The third-order valence-electron chi connectivity index (χ3n) is 4.06. The fourth-order valence-electron chi connectivity index (χ4n) is 2.93. The summed E-state index contributed by atoms with van der Waals surface area (Å²) in [5.74, 6) is 0.476. The van der Waals surface area contributed by atoms with Crippen molar-refractivity contribution >= 4 is 10.8 Å². The maximum atomic E-state index is 13.7. The Morgan fingerprint density at radius 2 is 1.80 bits per heavy atom. The SMILES string of the molecule is CC(C)n1ncnc1CN[C@@H](c1cccc2ccccc12)C(F)(F)F. The van der Waals surface area contributed by atoms with Gasteiger partial charge in [-0.3, -0.25) is 5.32 Å². The molecule has 4 nitrogen and oxygen atoms in total. The molecule has 0 saturated heterocycles. The lowest BCUT2D eigenvalue weighted by Crippen LogP contribution is -2.34. The molecule has 0 aliphatic heterocycles. The molecule has 1 heterocycles. The highest BCUT2D eigenvalue weighted by Crippen LogP contribution is 2.36. The Labute approximate surface area is 143 Å². The molecule has 0 aliphatic carbocycles. The van der Waals surface area contributed by atoms with Gasteiger partial charge < -0.3 is 0 Å². The first-order valence-corrected chi connectivity index (χ1v) is 8.04. The van der Waals surface area contributed by atoms with Gasteiger partial charge in [-0.05, 0) is 30.2 Å². The zero-order valence-corrected chi connectivity index (χ0v) is 14.0. The number of hydrogen-bond donors (Lipinski definition) is 1. The van der Waals surface area contributed by atoms with Gasteiger partial charge in [0.2, 0.25) is 0 Å². The Kier molecular flexibility index (Phi) is 4.76. The maximum absolute atomic E-state index is 13.7. The van der Waals surface area contributed by atoms with Gasteiger partial charge >= 0.3 is 6.18 Å². The summed E-state index contributed by atoms with van der Waals surface area (Å²) >= 11 is 0. The summed E-state index contributed by atoms with van der Waals surface area (Å²) in [5.41, 5.74) is 0.209. The third-order valence-corrected chi connectivity index (χ3v) is 4.06. The average Bonchev–Trinajstić information content (AvgIpc) is 3.03. The number of fused-ring (bicyclic) bond motifs is 1. The largest absolute Gasteiger partial charge is 0.407 e. The van der Waals surface area contributed by atoms with Gasteiger partial charge in [-0.15, -0.1) is 0 Å². The molecular formula is C18H19F3N4. The topological polar surface area (TPSA) is 42.7 Å². The molecule has 0 spiro atoms. The highest BCUT2D eigenvalue weighted by Gasteiger charge is 2.41. The van der Waals surface area contributed by atoms with Gasteiger partial charge in [0.1, 0.15) is 18.2 Å². The Bertz CT molecular complexity index is 849. The Balaban J connectivity index is 1.94. The lowest BCUT2D eigenvalue weighted by atomic mass is 9.98. The molecule has 0 unspecified atom stereocenters. The number of halogens is 3. The zero-order valence-electron chi connectivity index (χ0n) is 14.0. The number of aromatic nitrogens is 3. The van der Waals surface area contributed by atoms with Crippen molar-refractivity contribution < 1.29 is 13.2 Å². The number of benzene rings is 2. The zero-order chi connectivity index (χ0) is 18.0. The van der Waals surface area contributed by atoms with Crippen LogP contribution in [0.25, 0.3) is 10.8 Å². The highest BCUT2D eigenvalue weighted by atomic mass is 19.4. The van der Waals surface area contributed by atoms with E-state index in [9.17, 15) is 13.2 Å². The Morgan fingerprint density at radius 1 is 1.08 bits per heavy atom. The minimum Gasteiger partial charge on any atom is -0.295 e. The lowest BCUT2D eigenvalue weighted by molar-refractivity contribution is -0.158. The molecular weight excluding hydrogens is 329 g/mol. The van der Waals surface area contributed by atoms with Crippen molar-refractivity contribution in [2.24, 2.45) is 0 Å². The van der Waals surface area contributed by atoms with E-state index in [2.05, 4.69) is 15.4 Å². The predicted octanol–water partition coefficient (Wildman–Crippen LogP) is 4.41. The van der Waals surface area contributed by atoms with Crippen LogP contribution in [0.4, 0.5) is 13.2 Å². The summed E-state index contributed by atoms with van der Waals surface area (Å²) in [6.07, 6.45) is -3.07. The summed E-state index contributed by atoms with van der Waals surface area (Å²) < 4.78 is 42.8. The van der Waals surface area contributed by atoms with Crippen LogP contribution in [0.1, 0.15) is 37.3 Å². The molecule has 132 valence electrons. The van der Waals surface area contributed by atoms with Gasteiger partial charge in [0.25, 0.3) is 0 Å². The molecule has 25 heavy (non-hydrogen) atoms. The average molecular weight is 348 g/mol. The molecule has 3 rings (SSSR count). The Morgan fingerprint density at radius 3 is 2.52 bits per heavy atom. The number of nitrogens with one attached hydrogen (secondary N) is 1. The normalized spacial score (nSPS) is 13.5. The van der Waals surface area contributed by atoms with E-state index in [1.54, 1.807) is 22.9 Å². The molecule has 3 aromatic rings. The monoisotopic (exact) mass is 348 g/mol. The molecule has 1 aromatic heterocycles.